The number of nitrogen functional groups attached to an aromatic ring is 1. The highest BCUT2D eigenvalue weighted by molar-refractivity contribution is 5.90. The molecule has 24 heavy (non-hydrogen) atoms. The Morgan fingerprint density at radius 1 is 1.33 bits per heavy atom. The third-order valence-corrected chi connectivity index (χ3v) is 3.62. The van der Waals surface area contributed by atoms with E-state index in [1.54, 1.807) is 23.1 Å². The molecule has 1 heterocycles. The summed E-state index contributed by atoms with van der Waals surface area (Å²) in [6.45, 7) is 6.54. The van der Waals surface area contributed by atoms with Crippen molar-refractivity contribution in [2.75, 3.05) is 32.6 Å². The Morgan fingerprint density at radius 3 is 2.67 bits per heavy atom. The van der Waals surface area contributed by atoms with Crippen LogP contribution in [0.3, 0.4) is 0 Å². The fraction of sp³-hybridized carbons (Fsp3) is 0.529. The summed E-state index contributed by atoms with van der Waals surface area (Å²) in [6, 6.07) is 4.44. The number of carbonyl (C=O) groups is 2. The van der Waals surface area contributed by atoms with Gasteiger partial charge >= 0.3 is 12.1 Å². The molecule has 2 N–H and O–H groups in total. The second kappa shape index (κ2) is 7.09. The zero-order valence-corrected chi connectivity index (χ0v) is 14.5. The summed E-state index contributed by atoms with van der Waals surface area (Å²) >= 11 is 0. The zero-order chi connectivity index (χ0) is 17.9. The molecule has 0 unspecified atom stereocenters. The van der Waals surface area contributed by atoms with Crippen LogP contribution < -0.4 is 5.73 Å². The molecule has 1 aromatic rings. The third-order valence-electron chi connectivity index (χ3n) is 3.62. The monoisotopic (exact) mass is 336 g/mol. The van der Waals surface area contributed by atoms with Gasteiger partial charge in [0.25, 0.3) is 0 Å². The minimum Gasteiger partial charge on any atom is -0.465 e. The number of hydrogen-bond acceptors (Lipinski definition) is 6. The first kappa shape index (κ1) is 18.1. The number of methoxy groups -OCH3 is 1. The van der Waals surface area contributed by atoms with Crippen LogP contribution in [0.15, 0.2) is 18.2 Å². The standard InChI is InChI=1S/C17H24N2O5/c1-17(2,3)24-16(21)19-7-8-23-10-14(19)12-9-11(15(20)22-4)5-6-13(12)18/h5-6,9,14H,7-8,10,18H2,1-4H3/t14-/m0/s1. The largest absolute Gasteiger partial charge is 0.465 e. The highest BCUT2D eigenvalue weighted by Gasteiger charge is 2.33. The molecule has 0 bridgehead atoms. The van der Waals surface area contributed by atoms with Crippen molar-refractivity contribution in [2.45, 2.75) is 32.4 Å². The summed E-state index contributed by atoms with van der Waals surface area (Å²) < 4.78 is 15.7. The van der Waals surface area contributed by atoms with Gasteiger partial charge in [0.2, 0.25) is 0 Å². The number of benzene rings is 1. The number of carbonyl (C=O) groups excluding carboxylic acids is 2. The van der Waals surface area contributed by atoms with Gasteiger partial charge in [-0.3, -0.25) is 4.90 Å². The summed E-state index contributed by atoms with van der Waals surface area (Å²) in [4.78, 5) is 25.8. The lowest BCUT2D eigenvalue weighted by molar-refractivity contribution is -0.0329. The number of nitrogens with zero attached hydrogens (tertiary/aromatic N) is 1. The maximum Gasteiger partial charge on any atom is 0.410 e. The molecular weight excluding hydrogens is 312 g/mol. The summed E-state index contributed by atoms with van der Waals surface area (Å²) in [5, 5.41) is 0. The molecule has 7 heteroatoms. The van der Waals surface area contributed by atoms with E-state index in [-0.39, 0.29) is 6.61 Å². The van der Waals surface area contributed by atoms with Crippen molar-refractivity contribution in [2.24, 2.45) is 0 Å². The van der Waals surface area contributed by atoms with Crippen molar-refractivity contribution in [1.82, 2.24) is 4.90 Å². The average Bonchev–Trinajstić information content (AvgIpc) is 2.53. The number of rotatable bonds is 2. The molecule has 1 fully saturated rings. The summed E-state index contributed by atoms with van der Waals surface area (Å²) in [7, 11) is 1.31. The van der Waals surface area contributed by atoms with Crippen LogP contribution >= 0.6 is 0 Å². The molecule has 0 radical (unpaired) electrons. The first-order valence-electron chi connectivity index (χ1n) is 7.78. The molecule has 1 aliphatic rings. The number of amides is 1. The molecule has 0 spiro atoms. The van der Waals surface area contributed by atoms with E-state index in [0.29, 0.717) is 30.0 Å². The number of nitrogens with two attached hydrogens (primary N) is 1. The lowest BCUT2D eigenvalue weighted by Crippen LogP contribution is -2.45. The van der Waals surface area contributed by atoms with Gasteiger partial charge in [0.05, 0.1) is 31.9 Å². The number of hydrogen-bond donors (Lipinski definition) is 1. The van der Waals surface area contributed by atoms with E-state index in [9.17, 15) is 9.59 Å². The van der Waals surface area contributed by atoms with E-state index < -0.39 is 23.7 Å². The zero-order valence-electron chi connectivity index (χ0n) is 14.5. The van der Waals surface area contributed by atoms with Crippen molar-refractivity contribution in [3.8, 4) is 0 Å². The molecule has 0 aliphatic carbocycles. The second-order valence-electron chi connectivity index (χ2n) is 6.60. The SMILES string of the molecule is COC(=O)c1ccc(N)c([C@@H]2COCCN2C(=O)OC(C)(C)C)c1. The van der Waals surface area contributed by atoms with Crippen LogP contribution in [0, 0.1) is 0 Å². The Morgan fingerprint density at radius 2 is 2.04 bits per heavy atom. The normalized spacial score (nSPS) is 18.2. The van der Waals surface area contributed by atoms with Crippen LogP contribution in [0.25, 0.3) is 0 Å². The number of morpholine rings is 1. The average molecular weight is 336 g/mol. The molecule has 1 amide bonds. The molecule has 1 aliphatic heterocycles. The fourth-order valence-electron chi connectivity index (χ4n) is 2.51. The van der Waals surface area contributed by atoms with Crippen molar-refractivity contribution in [1.29, 1.82) is 0 Å². The van der Waals surface area contributed by atoms with Crippen molar-refractivity contribution >= 4 is 17.7 Å². The minimum atomic E-state index is -0.598. The van der Waals surface area contributed by atoms with Gasteiger partial charge in [-0.25, -0.2) is 9.59 Å². The third kappa shape index (κ3) is 4.17. The molecule has 0 saturated carbocycles. The topological polar surface area (TPSA) is 91.1 Å². The summed E-state index contributed by atoms with van der Waals surface area (Å²) in [5.41, 5.74) is 6.96. The molecule has 7 nitrogen and oxygen atoms in total. The minimum absolute atomic E-state index is 0.286. The highest BCUT2D eigenvalue weighted by atomic mass is 16.6. The van der Waals surface area contributed by atoms with Gasteiger partial charge in [0, 0.05) is 17.8 Å². The van der Waals surface area contributed by atoms with Crippen molar-refractivity contribution in [3.05, 3.63) is 29.3 Å². The Labute approximate surface area is 141 Å². The predicted octanol–water partition coefficient (Wildman–Crippen LogP) is 2.36. The lowest BCUT2D eigenvalue weighted by Gasteiger charge is -2.37. The van der Waals surface area contributed by atoms with Gasteiger partial charge in [-0.15, -0.1) is 0 Å². The van der Waals surface area contributed by atoms with E-state index in [0.717, 1.165) is 0 Å². The van der Waals surface area contributed by atoms with E-state index in [1.807, 2.05) is 20.8 Å². The molecule has 0 aromatic heterocycles. The molecule has 1 saturated heterocycles. The first-order valence-corrected chi connectivity index (χ1v) is 7.78. The van der Waals surface area contributed by atoms with Crippen LogP contribution in [0.4, 0.5) is 10.5 Å². The maximum atomic E-state index is 12.5. The van der Waals surface area contributed by atoms with E-state index in [4.69, 9.17) is 19.9 Å². The number of anilines is 1. The van der Waals surface area contributed by atoms with E-state index in [2.05, 4.69) is 0 Å². The smallest absolute Gasteiger partial charge is 0.410 e. The van der Waals surface area contributed by atoms with Crippen LogP contribution in [0.2, 0.25) is 0 Å². The Balaban J connectivity index is 2.33. The summed E-state index contributed by atoms with van der Waals surface area (Å²) in [6.07, 6.45) is -0.432. The first-order chi connectivity index (χ1) is 11.2. The molecule has 2 rings (SSSR count). The maximum absolute atomic E-state index is 12.5. The van der Waals surface area contributed by atoms with Crippen molar-refractivity contribution in [3.63, 3.8) is 0 Å². The number of esters is 1. The molecular formula is C17H24N2O5. The number of ether oxygens (including phenoxy) is 3. The van der Waals surface area contributed by atoms with E-state index >= 15 is 0 Å². The molecule has 1 atom stereocenters. The van der Waals surface area contributed by atoms with Crippen LogP contribution in [-0.4, -0.2) is 49.4 Å². The highest BCUT2D eigenvalue weighted by Crippen LogP contribution is 2.31. The van der Waals surface area contributed by atoms with Gasteiger partial charge in [0.1, 0.15) is 5.60 Å². The quantitative estimate of drug-likeness (QED) is 0.658. The van der Waals surface area contributed by atoms with Crippen molar-refractivity contribution < 1.29 is 23.8 Å². The Hall–Kier alpha value is -2.28. The van der Waals surface area contributed by atoms with Crippen LogP contribution in [0.1, 0.15) is 42.7 Å². The second-order valence-corrected chi connectivity index (χ2v) is 6.60. The Kier molecular flexibility index (Phi) is 5.33. The molecule has 1 aromatic carbocycles. The summed E-state index contributed by atoms with van der Waals surface area (Å²) in [5.74, 6) is -0.461. The van der Waals surface area contributed by atoms with Gasteiger partial charge in [-0.1, -0.05) is 0 Å². The van der Waals surface area contributed by atoms with Gasteiger partial charge in [-0.2, -0.15) is 0 Å². The lowest BCUT2D eigenvalue weighted by atomic mass is 10.00. The Bertz CT molecular complexity index is 624. The van der Waals surface area contributed by atoms with Gasteiger partial charge in [0.15, 0.2) is 0 Å². The van der Waals surface area contributed by atoms with Gasteiger partial charge in [-0.05, 0) is 39.0 Å². The fourth-order valence-corrected chi connectivity index (χ4v) is 2.51. The van der Waals surface area contributed by atoms with E-state index in [1.165, 1.54) is 7.11 Å². The van der Waals surface area contributed by atoms with Gasteiger partial charge < -0.3 is 19.9 Å². The van der Waals surface area contributed by atoms with Crippen LogP contribution in [-0.2, 0) is 14.2 Å². The van der Waals surface area contributed by atoms with Crippen LogP contribution in [0.5, 0.6) is 0 Å². The molecule has 132 valence electrons. The predicted molar refractivity (Wildman–Crippen MR) is 88.7 cm³/mol.